The van der Waals surface area contributed by atoms with E-state index in [1.54, 1.807) is 29.2 Å². The average Bonchev–Trinajstić information content (AvgIpc) is 3.36. The second-order valence-electron chi connectivity index (χ2n) is 9.29. The lowest BCUT2D eigenvalue weighted by molar-refractivity contribution is -0.142. The van der Waals surface area contributed by atoms with Gasteiger partial charge in [0, 0.05) is 6.54 Å². The molecule has 11 heteroatoms. The van der Waals surface area contributed by atoms with Crippen LogP contribution in [0.1, 0.15) is 30.4 Å². The smallest absolute Gasteiger partial charge is 0.408 e. The molecule has 3 rings (SSSR count). The van der Waals surface area contributed by atoms with Gasteiger partial charge >= 0.3 is 12.1 Å². The van der Waals surface area contributed by atoms with Crippen molar-refractivity contribution in [1.82, 2.24) is 15.5 Å². The van der Waals surface area contributed by atoms with Crippen LogP contribution in [0.3, 0.4) is 0 Å². The quantitative estimate of drug-likeness (QED) is 0.255. The summed E-state index contributed by atoms with van der Waals surface area (Å²) in [6, 6.07) is 15.2. The lowest BCUT2D eigenvalue weighted by Gasteiger charge is -2.31. The number of carbonyl (C=O) groups excluding carboxylic acids is 3. The zero-order valence-corrected chi connectivity index (χ0v) is 21.0. The van der Waals surface area contributed by atoms with Crippen LogP contribution in [-0.4, -0.2) is 76.3 Å². The first-order valence-electron chi connectivity index (χ1n) is 12.5. The van der Waals surface area contributed by atoms with Crippen LogP contribution in [0.5, 0.6) is 0 Å². The molecule has 1 aliphatic rings. The molecule has 3 amide bonds. The first-order valence-corrected chi connectivity index (χ1v) is 12.5. The molecular formula is C27H34N4O7. The van der Waals surface area contributed by atoms with Gasteiger partial charge in [-0.3, -0.25) is 19.3 Å². The summed E-state index contributed by atoms with van der Waals surface area (Å²) in [5, 5.41) is 25.7. The summed E-state index contributed by atoms with van der Waals surface area (Å²) in [5.74, 6) is -2.50. The molecule has 0 spiro atoms. The standard InChI is InChI=1S/C27H34N4O7/c28-24(33)15-21(30-27(37)38-17-19-10-5-2-6-11-19)25(34)29-20(14-18-8-3-1-4-9-18)23(32)16-31-13-7-12-22(31)26(35)36/h1-6,8-11,20-23,32H,7,12-17H2,(H2,28,33)(H,29,34)(H,30,37)(H,35,36)/t20-,21-,22-,23+/m0/s1. The number of hydrogen-bond donors (Lipinski definition) is 5. The first kappa shape index (κ1) is 28.6. The van der Waals surface area contributed by atoms with Crippen LogP contribution in [0.4, 0.5) is 4.79 Å². The molecule has 1 fully saturated rings. The highest BCUT2D eigenvalue weighted by Gasteiger charge is 2.35. The van der Waals surface area contributed by atoms with Crippen molar-refractivity contribution in [3.8, 4) is 0 Å². The lowest BCUT2D eigenvalue weighted by Crippen LogP contribution is -2.56. The van der Waals surface area contributed by atoms with Gasteiger partial charge in [-0.2, -0.15) is 0 Å². The molecule has 1 heterocycles. The summed E-state index contributed by atoms with van der Waals surface area (Å²) >= 11 is 0. The Labute approximate surface area is 221 Å². The number of aliphatic hydroxyl groups excluding tert-OH is 1. The van der Waals surface area contributed by atoms with Gasteiger partial charge in [0.25, 0.3) is 0 Å². The van der Waals surface area contributed by atoms with Crippen molar-refractivity contribution in [3.63, 3.8) is 0 Å². The Morgan fingerprint density at radius 3 is 2.24 bits per heavy atom. The molecule has 6 N–H and O–H groups in total. The number of carboxylic acids is 1. The van der Waals surface area contributed by atoms with Crippen LogP contribution in [0.25, 0.3) is 0 Å². The predicted octanol–water partition coefficient (Wildman–Crippen LogP) is 0.794. The maximum absolute atomic E-state index is 13.2. The van der Waals surface area contributed by atoms with Crippen molar-refractivity contribution < 1.29 is 34.1 Å². The highest BCUT2D eigenvalue weighted by atomic mass is 16.5. The van der Waals surface area contributed by atoms with Crippen molar-refractivity contribution in [2.75, 3.05) is 13.1 Å². The molecule has 0 unspecified atom stereocenters. The number of amides is 3. The SMILES string of the molecule is NC(=O)C[C@H](NC(=O)OCc1ccccc1)C(=O)N[C@@H](Cc1ccccc1)[C@H](O)CN1CCC[C@H]1C(=O)O. The topological polar surface area (TPSA) is 171 Å². The molecule has 0 saturated carbocycles. The molecule has 2 aromatic rings. The number of hydrogen-bond acceptors (Lipinski definition) is 7. The largest absolute Gasteiger partial charge is 0.480 e. The zero-order chi connectivity index (χ0) is 27.5. The second-order valence-corrected chi connectivity index (χ2v) is 9.29. The Bertz CT molecular complexity index is 1080. The van der Waals surface area contributed by atoms with E-state index >= 15 is 0 Å². The summed E-state index contributed by atoms with van der Waals surface area (Å²) in [6.07, 6.45) is -1.10. The number of primary amides is 1. The number of aliphatic carboxylic acids is 1. The van der Waals surface area contributed by atoms with Crippen molar-refractivity contribution in [1.29, 1.82) is 0 Å². The van der Waals surface area contributed by atoms with Gasteiger partial charge < -0.3 is 31.3 Å². The molecule has 0 aliphatic carbocycles. The van der Waals surface area contributed by atoms with Crippen LogP contribution < -0.4 is 16.4 Å². The number of nitrogens with zero attached hydrogens (tertiary/aromatic N) is 1. The number of carbonyl (C=O) groups is 4. The zero-order valence-electron chi connectivity index (χ0n) is 21.0. The Kier molecular flexibility index (Phi) is 10.6. The van der Waals surface area contributed by atoms with Gasteiger partial charge in [-0.15, -0.1) is 0 Å². The van der Waals surface area contributed by atoms with Crippen LogP contribution in [-0.2, 0) is 32.1 Å². The van der Waals surface area contributed by atoms with Crippen molar-refractivity contribution in [3.05, 3.63) is 71.8 Å². The fourth-order valence-electron chi connectivity index (χ4n) is 4.44. The molecule has 1 saturated heterocycles. The van der Waals surface area contributed by atoms with Crippen LogP contribution in [0.15, 0.2) is 60.7 Å². The summed E-state index contributed by atoms with van der Waals surface area (Å²) in [4.78, 5) is 50.5. The monoisotopic (exact) mass is 526 g/mol. The van der Waals surface area contributed by atoms with Gasteiger partial charge in [0.05, 0.1) is 18.6 Å². The summed E-state index contributed by atoms with van der Waals surface area (Å²) in [6.45, 7) is 0.508. The normalized spacial score (nSPS) is 17.7. The van der Waals surface area contributed by atoms with E-state index in [0.717, 1.165) is 11.1 Å². The summed E-state index contributed by atoms with van der Waals surface area (Å²) in [7, 11) is 0. The number of alkyl carbamates (subject to hydrolysis) is 1. The minimum atomic E-state index is -1.33. The number of nitrogens with two attached hydrogens (primary N) is 1. The fourth-order valence-corrected chi connectivity index (χ4v) is 4.44. The molecule has 204 valence electrons. The summed E-state index contributed by atoms with van der Waals surface area (Å²) < 4.78 is 5.17. The Balaban J connectivity index is 1.69. The minimum absolute atomic E-state index is 0.0295. The molecule has 0 radical (unpaired) electrons. The van der Waals surface area contributed by atoms with E-state index in [0.29, 0.717) is 19.4 Å². The van der Waals surface area contributed by atoms with Gasteiger partial charge in [-0.25, -0.2) is 4.79 Å². The van der Waals surface area contributed by atoms with Crippen molar-refractivity contribution >= 4 is 23.9 Å². The number of carboxylic acid groups (broad SMARTS) is 1. The van der Waals surface area contributed by atoms with E-state index in [-0.39, 0.29) is 19.6 Å². The number of rotatable bonds is 13. The number of likely N-dealkylation sites (tertiary alicyclic amines) is 1. The van der Waals surface area contributed by atoms with E-state index in [1.165, 1.54) is 0 Å². The highest BCUT2D eigenvalue weighted by molar-refractivity contribution is 5.90. The molecule has 38 heavy (non-hydrogen) atoms. The number of ether oxygens (including phenoxy) is 1. The van der Waals surface area contributed by atoms with Gasteiger partial charge in [0.1, 0.15) is 18.7 Å². The van der Waals surface area contributed by atoms with E-state index in [9.17, 15) is 29.4 Å². The minimum Gasteiger partial charge on any atom is -0.480 e. The van der Waals surface area contributed by atoms with Crippen LogP contribution in [0, 0.1) is 0 Å². The fraction of sp³-hybridized carbons (Fsp3) is 0.407. The maximum atomic E-state index is 13.2. The number of benzene rings is 2. The van der Waals surface area contributed by atoms with Crippen molar-refractivity contribution in [2.24, 2.45) is 5.73 Å². The first-order chi connectivity index (χ1) is 18.2. The van der Waals surface area contributed by atoms with Gasteiger partial charge in [0.2, 0.25) is 11.8 Å². The van der Waals surface area contributed by atoms with Crippen molar-refractivity contribution in [2.45, 2.75) is 56.5 Å². The predicted molar refractivity (Wildman–Crippen MR) is 138 cm³/mol. The maximum Gasteiger partial charge on any atom is 0.408 e. The average molecular weight is 527 g/mol. The van der Waals surface area contributed by atoms with Crippen LogP contribution in [0.2, 0.25) is 0 Å². The van der Waals surface area contributed by atoms with Gasteiger partial charge in [-0.1, -0.05) is 60.7 Å². The third kappa shape index (κ3) is 8.86. The lowest BCUT2D eigenvalue weighted by atomic mass is 9.99. The molecule has 1 aliphatic heterocycles. The number of aliphatic hydroxyl groups is 1. The van der Waals surface area contributed by atoms with E-state index in [1.807, 2.05) is 36.4 Å². The second kappa shape index (κ2) is 14.1. The van der Waals surface area contributed by atoms with E-state index in [2.05, 4.69) is 10.6 Å². The molecule has 11 nitrogen and oxygen atoms in total. The third-order valence-electron chi connectivity index (χ3n) is 6.39. The summed E-state index contributed by atoms with van der Waals surface area (Å²) in [5.41, 5.74) is 6.89. The van der Waals surface area contributed by atoms with Crippen LogP contribution >= 0.6 is 0 Å². The molecule has 0 bridgehead atoms. The Hall–Kier alpha value is -3.96. The highest BCUT2D eigenvalue weighted by Crippen LogP contribution is 2.19. The van der Waals surface area contributed by atoms with Gasteiger partial charge in [0.15, 0.2) is 0 Å². The molecule has 4 atom stereocenters. The third-order valence-corrected chi connectivity index (χ3v) is 6.39. The molecular weight excluding hydrogens is 492 g/mol. The Morgan fingerprint density at radius 2 is 1.63 bits per heavy atom. The molecule has 2 aromatic carbocycles. The molecule has 0 aromatic heterocycles. The van der Waals surface area contributed by atoms with E-state index < -0.39 is 54.5 Å². The Morgan fingerprint density at radius 1 is 1.00 bits per heavy atom. The van der Waals surface area contributed by atoms with Gasteiger partial charge in [-0.05, 0) is 36.9 Å². The van der Waals surface area contributed by atoms with E-state index in [4.69, 9.17) is 10.5 Å². The number of nitrogens with one attached hydrogen (secondary N) is 2. The number of β-amino-alcohol motifs (C(OH)–C–C–N with tert-alkyl or cyclic N) is 1.